The molecule has 1 unspecified atom stereocenters. The number of carbonyl (C=O) groups excluding carboxylic acids is 1. The summed E-state index contributed by atoms with van der Waals surface area (Å²) in [7, 11) is 0. The first kappa shape index (κ1) is 12.2. The van der Waals surface area contributed by atoms with Crippen LogP contribution < -0.4 is 15.4 Å². The van der Waals surface area contributed by atoms with Gasteiger partial charge in [-0.2, -0.15) is 0 Å². The minimum atomic E-state index is -0.692. The maximum Gasteiger partial charge on any atom is 0.258 e. The Balaban J connectivity index is 1.63. The zero-order valence-electron chi connectivity index (χ0n) is 11.3. The largest absolute Gasteiger partial charge is 0.465 e. The van der Waals surface area contributed by atoms with Crippen LogP contribution in [0.4, 0.5) is 0 Å². The molecule has 2 N–H and O–H groups in total. The lowest BCUT2D eigenvalue weighted by molar-refractivity contribution is -0.0280. The summed E-state index contributed by atoms with van der Waals surface area (Å²) in [6.45, 7) is 2.34. The molecule has 3 heterocycles. The number of amides is 1. The maximum absolute atomic E-state index is 12.3. The average molecular weight is 274 g/mol. The summed E-state index contributed by atoms with van der Waals surface area (Å²) >= 11 is 0. The van der Waals surface area contributed by atoms with Crippen molar-refractivity contribution in [2.75, 3.05) is 19.7 Å². The van der Waals surface area contributed by atoms with Gasteiger partial charge < -0.3 is 20.1 Å². The van der Waals surface area contributed by atoms with E-state index in [0.717, 1.165) is 32.4 Å². The van der Waals surface area contributed by atoms with Crippen molar-refractivity contribution in [3.8, 4) is 5.75 Å². The maximum atomic E-state index is 12.3. The number of hydrogen-bond donors (Lipinski definition) is 2. The summed E-state index contributed by atoms with van der Waals surface area (Å²) in [6, 6.07) is 7.37. The molecule has 106 valence electrons. The standard InChI is InChI=1S/C15H18N2O3/c18-13-11-3-1-2-4-12(11)20-15(17-13)9-14(19-10-15)5-7-16-8-6-14/h1-4,16H,5-10H2,(H,17,18). The molecule has 0 saturated carbocycles. The average Bonchev–Trinajstić information content (AvgIpc) is 2.77. The van der Waals surface area contributed by atoms with Gasteiger partial charge in [0.2, 0.25) is 5.72 Å². The lowest BCUT2D eigenvalue weighted by atomic mass is 9.86. The van der Waals surface area contributed by atoms with E-state index in [-0.39, 0.29) is 11.5 Å². The molecule has 1 aromatic carbocycles. The number of ether oxygens (including phenoxy) is 2. The lowest BCUT2D eigenvalue weighted by Crippen LogP contribution is -2.57. The number of piperidine rings is 1. The van der Waals surface area contributed by atoms with Crippen LogP contribution in [-0.2, 0) is 4.74 Å². The van der Waals surface area contributed by atoms with Gasteiger partial charge in [-0.1, -0.05) is 12.1 Å². The van der Waals surface area contributed by atoms with Gasteiger partial charge in [0.05, 0.1) is 11.2 Å². The molecule has 3 aliphatic rings. The van der Waals surface area contributed by atoms with E-state index in [2.05, 4.69) is 10.6 Å². The Labute approximate surface area is 117 Å². The molecule has 2 fully saturated rings. The van der Waals surface area contributed by atoms with Crippen molar-refractivity contribution in [1.82, 2.24) is 10.6 Å². The highest BCUT2D eigenvalue weighted by Crippen LogP contribution is 2.42. The van der Waals surface area contributed by atoms with E-state index in [1.165, 1.54) is 0 Å². The third-order valence-corrected chi connectivity index (χ3v) is 4.51. The molecule has 1 aromatic rings. The first-order valence-electron chi connectivity index (χ1n) is 7.16. The summed E-state index contributed by atoms with van der Waals surface area (Å²) in [5.41, 5.74) is -0.238. The van der Waals surface area contributed by atoms with Crippen molar-refractivity contribution in [2.45, 2.75) is 30.6 Å². The van der Waals surface area contributed by atoms with Crippen LogP contribution in [0, 0.1) is 0 Å². The molecular weight excluding hydrogens is 256 g/mol. The minimum Gasteiger partial charge on any atom is -0.465 e. The quantitative estimate of drug-likeness (QED) is 0.742. The highest BCUT2D eigenvalue weighted by Gasteiger charge is 2.54. The van der Waals surface area contributed by atoms with Crippen LogP contribution in [0.3, 0.4) is 0 Å². The monoisotopic (exact) mass is 274 g/mol. The van der Waals surface area contributed by atoms with E-state index in [1.54, 1.807) is 6.07 Å². The predicted molar refractivity (Wildman–Crippen MR) is 72.7 cm³/mol. The van der Waals surface area contributed by atoms with Gasteiger partial charge in [-0.25, -0.2) is 0 Å². The van der Waals surface area contributed by atoms with Crippen molar-refractivity contribution < 1.29 is 14.3 Å². The van der Waals surface area contributed by atoms with Crippen LogP contribution in [0.15, 0.2) is 24.3 Å². The number of carbonyl (C=O) groups is 1. The van der Waals surface area contributed by atoms with Crippen molar-refractivity contribution in [1.29, 1.82) is 0 Å². The second kappa shape index (κ2) is 4.20. The van der Waals surface area contributed by atoms with E-state index < -0.39 is 5.72 Å². The molecule has 0 aromatic heterocycles. The highest BCUT2D eigenvalue weighted by atomic mass is 16.6. The van der Waals surface area contributed by atoms with Crippen LogP contribution in [0.5, 0.6) is 5.75 Å². The summed E-state index contributed by atoms with van der Waals surface area (Å²) in [4.78, 5) is 12.3. The predicted octanol–water partition coefficient (Wildman–Crippen LogP) is 1.05. The Morgan fingerprint density at radius 2 is 1.95 bits per heavy atom. The molecular formula is C15H18N2O3. The fourth-order valence-electron chi connectivity index (χ4n) is 3.49. The molecule has 0 aliphatic carbocycles. The van der Waals surface area contributed by atoms with Crippen LogP contribution in [0.25, 0.3) is 0 Å². The second-order valence-electron chi connectivity index (χ2n) is 5.95. The van der Waals surface area contributed by atoms with Crippen LogP contribution in [0.1, 0.15) is 29.6 Å². The van der Waals surface area contributed by atoms with Gasteiger partial charge in [-0.15, -0.1) is 0 Å². The second-order valence-corrected chi connectivity index (χ2v) is 5.95. The zero-order chi connectivity index (χ0) is 13.6. The SMILES string of the molecule is O=C1NC2(COC3(CCNCC3)C2)Oc2ccccc21. The number of fused-ring (bicyclic) bond motifs is 1. The summed E-state index contributed by atoms with van der Waals surface area (Å²) in [5, 5.41) is 6.36. The van der Waals surface area contributed by atoms with E-state index in [9.17, 15) is 4.79 Å². The van der Waals surface area contributed by atoms with Gasteiger partial charge in [-0.3, -0.25) is 4.79 Å². The summed E-state index contributed by atoms with van der Waals surface area (Å²) in [5.74, 6) is 0.590. The van der Waals surface area contributed by atoms with Gasteiger partial charge in [-0.05, 0) is 38.1 Å². The van der Waals surface area contributed by atoms with E-state index >= 15 is 0 Å². The molecule has 3 aliphatic heterocycles. The van der Waals surface area contributed by atoms with Crippen molar-refractivity contribution in [2.24, 2.45) is 0 Å². The van der Waals surface area contributed by atoms with Crippen LogP contribution in [-0.4, -0.2) is 36.9 Å². The first-order valence-corrected chi connectivity index (χ1v) is 7.16. The van der Waals surface area contributed by atoms with Crippen molar-refractivity contribution in [3.05, 3.63) is 29.8 Å². The number of rotatable bonds is 0. The van der Waals surface area contributed by atoms with Gasteiger partial charge in [0.25, 0.3) is 5.91 Å². The molecule has 0 radical (unpaired) electrons. The lowest BCUT2D eigenvalue weighted by Gasteiger charge is -2.37. The Morgan fingerprint density at radius 1 is 1.15 bits per heavy atom. The first-order chi connectivity index (χ1) is 9.71. The molecule has 2 saturated heterocycles. The van der Waals surface area contributed by atoms with Gasteiger partial charge >= 0.3 is 0 Å². The van der Waals surface area contributed by atoms with Gasteiger partial charge in [0.1, 0.15) is 12.4 Å². The van der Waals surface area contributed by atoms with E-state index in [1.807, 2.05) is 18.2 Å². The molecule has 2 spiro atoms. The number of nitrogens with one attached hydrogen (secondary N) is 2. The molecule has 5 heteroatoms. The third-order valence-electron chi connectivity index (χ3n) is 4.51. The molecule has 4 rings (SSSR count). The molecule has 0 bridgehead atoms. The highest BCUT2D eigenvalue weighted by molar-refractivity contribution is 5.98. The minimum absolute atomic E-state index is 0.0681. The van der Waals surface area contributed by atoms with Crippen molar-refractivity contribution in [3.63, 3.8) is 0 Å². The fourth-order valence-corrected chi connectivity index (χ4v) is 3.49. The fraction of sp³-hybridized carbons (Fsp3) is 0.533. The molecule has 1 atom stereocenters. The topological polar surface area (TPSA) is 59.6 Å². The van der Waals surface area contributed by atoms with E-state index in [0.29, 0.717) is 17.9 Å². The van der Waals surface area contributed by atoms with Crippen molar-refractivity contribution >= 4 is 5.91 Å². The van der Waals surface area contributed by atoms with Crippen LogP contribution >= 0.6 is 0 Å². The van der Waals surface area contributed by atoms with E-state index in [4.69, 9.17) is 9.47 Å². The summed E-state index contributed by atoms with van der Waals surface area (Å²) in [6.07, 6.45) is 2.66. The zero-order valence-corrected chi connectivity index (χ0v) is 11.3. The van der Waals surface area contributed by atoms with Gasteiger partial charge in [0.15, 0.2) is 0 Å². The molecule has 20 heavy (non-hydrogen) atoms. The van der Waals surface area contributed by atoms with Crippen LogP contribution in [0.2, 0.25) is 0 Å². The molecule has 1 amide bonds. The smallest absolute Gasteiger partial charge is 0.258 e. The summed E-state index contributed by atoms with van der Waals surface area (Å²) < 4.78 is 12.2. The Bertz CT molecular complexity index is 554. The number of benzene rings is 1. The van der Waals surface area contributed by atoms with Gasteiger partial charge in [0, 0.05) is 6.42 Å². The molecule has 5 nitrogen and oxygen atoms in total. The normalized spacial score (nSPS) is 30.9. The Morgan fingerprint density at radius 3 is 2.80 bits per heavy atom. The Kier molecular flexibility index (Phi) is 2.56. The number of hydrogen-bond acceptors (Lipinski definition) is 4. The number of para-hydroxylation sites is 1. The third kappa shape index (κ3) is 1.81. The Hall–Kier alpha value is -1.59.